The van der Waals surface area contributed by atoms with Gasteiger partial charge in [-0.05, 0) is 12.8 Å². The monoisotopic (exact) mass is 414 g/mol. The minimum Gasteiger partial charge on any atom is -0.462 e. The lowest BCUT2D eigenvalue weighted by atomic mass is 10.1. The van der Waals surface area contributed by atoms with E-state index in [1.807, 2.05) is 13.8 Å². The van der Waals surface area contributed by atoms with Crippen LogP contribution >= 0.6 is 46.4 Å². The summed E-state index contributed by atoms with van der Waals surface area (Å²) in [6, 6.07) is 0. The molecule has 0 N–H and O–H groups in total. The van der Waals surface area contributed by atoms with Crippen LogP contribution in [-0.2, 0) is 9.47 Å². The van der Waals surface area contributed by atoms with Gasteiger partial charge in [0.05, 0.1) is 44.4 Å². The van der Waals surface area contributed by atoms with Crippen LogP contribution in [0.15, 0.2) is 0 Å². The first-order valence-electron chi connectivity index (χ1n) is 7.56. The molecule has 8 heteroatoms. The molecule has 0 spiro atoms. The van der Waals surface area contributed by atoms with Crippen molar-refractivity contribution in [3.05, 3.63) is 31.2 Å². The second-order valence-electron chi connectivity index (χ2n) is 4.98. The Hall–Kier alpha value is -0.680. The van der Waals surface area contributed by atoms with E-state index in [0.29, 0.717) is 12.8 Å². The van der Waals surface area contributed by atoms with Crippen molar-refractivity contribution < 1.29 is 19.1 Å². The number of benzene rings is 1. The Morgan fingerprint density at radius 3 is 1.25 bits per heavy atom. The van der Waals surface area contributed by atoms with Crippen LogP contribution in [0, 0.1) is 0 Å². The molecule has 1 aromatic rings. The second kappa shape index (κ2) is 10.3. The van der Waals surface area contributed by atoms with Gasteiger partial charge in [0.25, 0.3) is 0 Å². The third-order valence-electron chi connectivity index (χ3n) is 3.13. The molecule has 0 heterocycles. The van der Waals surface area contributed by atoms with Crippen molar-refractivity contribution in [3.63, 3.8) is 0 Å². The van der Waals surface area contributed by atoms with Crippen LogP contribution < -0.4 is 0 Å². The second-order valence-corrected chi connectivity index (χ2v) is 6.50. The summed E-state index contributed by atoms with van der Waals surface area (Å²) in [6.07, 6.45) is 3.12. The van der Waals surface area contributed by atoms with Gasteiger partial charge in [-0.1, -0.05) is 73.1 Å². The Morgan fingerprint density at radius 1 is 0.708 bits per heavy atom. The molecular formula is C16H18Cl4O4. The van der Waals surface area contributed by atoms with Crippen molar-refractivity contribution >= 4 is 58.3 Å². The molecule has 4 nitrogen and oxygen atoms in total. The molecule has 0 aromatic heterocycles. The number of carbonyl (C=O) groups is 2. The largest absolute Gasteiger partial charge is 0.462 e. The fourth-order valence-electron chi connectivity index (χ4n) is 1.75. The first-order valence-corrected chi connectivity index (χ1v) is 9.08. The van der Waals surface area contributed by atoms with E-state index in [1.54, 1.807) is 0 Å². The minimum atomic E-state index is -0.742. The molecule has 134 valence electrons. The molecule has 1 aromatic carbocycles. The maximum Gasteiger partial charge on any atom is 0.341 e. The van der Waals surface area contributed by atoms with E-state index in [0.717, 1.165) is 12.8 Å². The molecule has 0 radical (unpaired) electrons. The zero-order valence-corrected chi connectivity index (χ0v) is 16.4. The molecule has 24 heavy (non-hydrogen) atoms. The van der Waals surface area contributed by atoms with Crippen molar-refractivity contribution in [2.45, 2.75) is 39.5 Å². The van der Waals surface area contributed by atoms with Crippen molar-refractivity contribution in [1.82, 2.24) is 0 Å². The summed E-state index contributed by atoms with van der Waals surface area (Å²) in [4.78, 5) is 24.3. The number of rotatable bonds is 8. The lowest BCUT2D eigenvalue weighted by molar-refractivity contribution is 0.0485. The fourth-order valence-corrected chi connectivity index (χ4v) is 2.91. The van der Waals surface area contributed by atoms with E-state index in [9.17, 15) is 9.59 Å². The first kappa shape index (κ1) is 21.4. The van der Waals surface area contributed by atoms with E-state index in [2.05, 4.69) is 0 Å². The molecule has 0 amide bonds. The molecule has 0 atom stereocenters. The van der Waals surface area contributed by atoms with E-state index >= 15 is 0 Å². The van der Waals surface area contributed by atoms with Crippen LogP contribution in [0.1, 0.15) is 60.2 Å². The lowest BCUT2D eigenvalue weighted by Gasteiger charge is -2.14. The van der Waals surface area contributed by atoms with Gasteiger partial charge in [0, 0.05) is 0 Å². The molecule has 1 rings (SSSR count). The van der Waals surface area contributed by atoms with Gasteiger partial charge in [-0.3, -0.25) is 0 Å². The molecule has 0 aliphatic carbocycles. The number of hydrogen-bond acceptors (Lipinski definition) is 4. The summed E-state index contributed by atoms with van der Waals surface area (Å²) in [5, 5.41) is -0.741. The number of esters is 2. The van der Waals surface area contributed by atoms with Gasteiger partial charge in [0.15, 0.2) is 0 Å². The number of carbonyl (C=O) groups excluding carboxylic acids is 2. The average Bonchev–Trinajstić information content (AvgIpc) is 2.54. The van der Waals surface area contributed by atoms with Gasteiger partial charge in [-0.25, -0.2) is 9.59 Å². The smallest absolute Gasteiger partial charge is 0.341 e. The number of halogens is 4. The van der Waals surface area contributed by atoms with Crippen LogP contribution in [-0.4, -0.2) is 25.2 Å². The Labute approximate surface area is 161 Å². The zero-order chi connectivity index (χ0) is 18.3. The molecule has 0 saturated carbocycles. The van der Waals surface area contributed by atoms with Gasteiger partial charge in [-0.15, -0.1) is 0 Å². The third kappa shape index (κ3) is 5.16. The van der Waals surface area contributed by atoms with Crippen molar-refractivity contribution in [3.8, 4) is 0 Å². The van der Waals surface area contributed by atoms with Gasteiger partial charge in [0.1, 0.15) is 0 Å². The highest BCUT2D eigenvalue weighted by Crippen LogP contribution is 2.41. The van der Waals surface area contributed by atoms with Gasteiger partial charge in [0.2, 0.25) is 0 Å². The first-order chi connectivity index (χ1) is 11.4. The van der Waals surface area contributed by atoms with E-state index in [1.165, 1.54) is 0 Å². The standard InChI is InChI=1S/C16H18Cl4O4/c1-3-5-7-23-15(21)9-11(17)13(19)10(14(20)12(9)18)16(22)24-8-6-4-2/h3-8H2,1-2H3. The quantitative estimate of drug-likeness (QED) is 0.287. The summed E-state index contributed by atoms with van der Waals surface area (Å²) in [5.74, 6) is -1.48. The molecule has 0 fully saturated rings. The predicted octanol–water partition coefficient (Wildman–Crippen LogP) is 6.21. The van der Waals surface area contributed by atoms with Crippen molar-refractivity contribution in [1.29, 1.82) is 0 Å². The maximum absolute atomic E-state index is 12.1. The fraction of sp³-hybridized carbons (Fsp3) is 0.500. The Balaban J connectivity index is 3.16. The molecule has 0 saturated heterocycles. The van der Waals surface area contributed by atoms with Crippen LogP contribution in [0.2, 0.25) is 20.1 Å². The van der Waals surface area contributed by atoms with Crippen LogP contribution in [0.5, 0.6) is 0 Å². The van der Waals surface area contributed by atoms with Crippen molar-refractivity contribution in [2.75, 3.05) is 13.2 Å². The Kier molecular flexibility index (Phi) is 9.21. The predicted molar refractivity (Wildman–Crippen MR) is 96.9 cm³/mol. The summed E-state index contributed by atoms with van der Waals surface area (Å²) >= 11 is 24.4. The Bertz CT molecular complexity index is 535. The lowest BCUT2D eigenvalue weighted by Crippen LogP contribution is -2.13. The van der Waals surface area contributed by atoms with Crippen LogP contribution in [0.3, 0.4) is 0 Å². The van der Waals surface area contributed by atoms with Crippen molar-refractivity contribution in [2.24, 2.45) is 0 Å². The van der Waals surface area contributed by atoms with Crippen LogP contribution in [0.25, 0.3) is 0 Å². The molecular weight excluding hydrogens is 398 g/mol. The number of hydrogen-bond donors (Lipinski definition) is 0. The highest BCUT2D eigenvalue weighted by atomic mass is 35.5. The summed E-state index contributed by atoms with van der Waals surface area (Å²) in [6.45, 7) is 4.36. The summed E-state index contributed by atoms with van der Waals surface area (Å²) in [7, 11) is 0. The zero-order valence-electron chi connectivity index (χ0n) is 13.4. The molecule has 0 aliphatic rings. The minimum absolute atomic E-state index is 0.158. The summed E-state index contributed by atoms with van der Waals surface area (Å²) in [5.41, 5.74) is -0.316. The highest BCUT2D eigenvalue weighted by molar-refractivity contribution is 6.52. The topological polar surface area (TPSA) is 52.6 Å². The Morgan fingerprint density at radius 2 is 1.00 bits per heavy atom. The van der Waals surface area contributed by atoms with Gasteiger partial charge >= 0.3 is 11.9 Å². The molecule has 0 bridgehead atoms. The summed E-state index contributed by atoms with van der Waals surface area (Å²) < 4.78 is 10.2. The third-order valence-corrected chi connectivity index (χ3v) is 4.84. The number of ether oxygens (including phenoxy) is 2. The molecule has 0 unspecified atom stereocenters. The van der Waals surface area contributed by atoms with Gasteiger partial charge < -0.3 is 9.47 Å². The normalized spacial score (nSPS) is 10.6. The van der Waals surface area contributed by atoms with Gasteiger partial charge in [-0.2, -0.15) is 0 Å². The molecule has 0 aliphatic heterocycles. The highest BCUT2D eigenvalue weighted by Gasteiger charge is 2.29. The van der Waals surface area contributed by atoms with E-state index in [-0.39, 0.29) is 44.4 Å². The SMILES string of the molecule is CCCCOC(=O)c1c(Cl)c(Cl)c(C(=O)OCCCC)c(Cl)c1Cl. The average molecular weight is 416 g/mol. The van der Waals surface area contributed by atoms with E-state index < -0.39 is 11.9 Å². The number of unbranched alkanes of at least 4 members (excludes halogenated alkanes) is 2. The maximum atomic E-state index is 12.1. The van der Waals surface area contributed by atoms with Crippen LogP contribution in [0.4, 0.5) is 0 Å². The van der Waals surface area contributed by atoms with E-state index in [4.69, 9.17) is 55.9 Å².